The van der Waals surface area contributed by atoms with Crippen LogP contribution < -0.4 is 5.32 Å². The van der Waals surface area contributed by atoms with Crippen LogP contribution in [0.4, 0.5) is 8.78 Å². The quantitative estimate of drug-likeness (QED) is 0.844. The standard InChI is InChI=1S/C13H11F2N3O4/c1-21-13(20)8(11-17-18-12(22-11)9(14)15)16-10(19)7-5-3-2-4-6-7/h2-6,8-9H,1H3,(H,16,19)/t8-/m1/s1. The zero-order chi connectivity index (χ0) is 16.1. The summed E-state index contributed by atoms with van der Waals surface area (Å²) in [5, 5.41) is 8.75. The van der Waals surface area contributed by atoms with Crippen molar-refractivity contribution in [2.75, 3.05) is 7.11 Å². The number of methoxy groups -OCH3 is 1. The van der Waals surface area contributed by atoms with Crippen LogP contribution in [-0.4, -0.2) is 29.2 Å². The van der Waals surface area contributed by atoms with Crippen LogP contribution in [0.15, 0.2) is 34.7 Å². The highest BCUT2D eigenvalue weighted by Crippen LogP contribution is 2.21. The van der Waals surface area contributed by atoms with Gasteiger partial charge in [-0.05, 0) is 12.1 Å². The molecule has 22 heavy (non-hydrogen) atoms. The smallest absolute Gasteiger partial charge is 0.338 e. The molecule has 0 fully saturated rings. The van der Waals surface area contributed by atoms with Gasteiger partial charge in [0.2, 0.25) is 6.04 Å². The molecule has 0 aliphatic rings. The Morgan fingerprint density at radius 1 is 1.18 bits per heavy atom. The van der Waals surface area contributed by atoms with Gasteiger partial charge in [-0.2, -0.15) is 8.78 Å². The Morgan fingerprint density at radius 3 is 2.36 bits per heavy atom. The van der Waals surface area contributed by atoms with E-state index in [9.17, 15) is 18.4 Å². The number of carbonyl (C=O) groups is 2. The summed E-state index contributed by atoms with van der Waals surface area (Å²) in [6.45, 7) is 0. The van der Waals surface area contributed by atoms with Gasteiger partial charge in [-0.3, -0.25) is 4.79 Å². The predicted molar refractivity (Wildman–Crippen MR) is 67.9 cm³/mol. The van der Waals surface area contributed by atoms with Crippen LogP contribution in [0.3, 0.4) is 0 Å². The van der Waals surface area contributed by atoms with Gasteiger partial charge in [-0.1, -0.05) is 18.2 Å². The number of nitrogens with one attached hydrogen (secondary N) is 1. The van der Waals surface area contributed by atoms with Gasteiger partial charge in [0.1, 0.15) is 0 Å². The third-order valence-electron chi connectivity index (χ3n) is 2.64. The van der Waals surface area contributed by atoms with Gasteiger partial charge in [0, 0.05) is 5.56 Å². The maximum atomic E-state index is 12.5. The Bertz CT molecular complexity index is 660. The van der Waals surface area contributed by atoms with Crippen molar-refractivity contribution in [2.24, 2.45) is 0 Å². The Hall–Kier alpha value is -2.84. The van der Waals surface area contributed by atoms with Crippen LogP contribution in [0, 0.1) is 0 Å². The highest BCUT2D eigenvalue weighted by Gasteiger charge is 2.31. The minimum Gasteiger partial charge on any atom is -0.467 e. The van der Waals surface area contributed by atoms with Gasteiger partial charge in [0.15, 0.2) is 0 Å². The molecule has 0 saturated heterocycles. The van der Waals surface area contributed by atoms with Gasteiger partial charge in [-0.25, -0.2) is 4.79 Å². The predicted octanol–water partition coefficient (Wildman–Crippen LogP) is 1.65. The van der Waals surface area contributed by atoms with Gasteiger partial charge in [-0.15, -0.1) is 10.2 Å². The van der Waals surface area contributed by atoms with Crippen LogP contribution in [0.25, 0.3) is 0 Å². The van der Waals surface area contributed by atoms with E-state index < -0.39 is 36.1 Å². The minimum absolute atomic E-state index is 0.269. The van der Waals surface area contributed by atoms with E-state index in [1.165, 1.54) is 12.1 Å². The van der Waals surface area contributed by atoms with Crippen LogP contribution >= 0.6 is 0 Å². The molecule has 1 atom stereocenters. The Balaban J connectivity index is 2.23. The van der Waals surface area contributed by atoms with Gasteiger partial charge in [0.05, 0.1) is 7.11 Å². The van der Waals surface area contributed by atoms with E-state index in [-0.39, 0.29) is 5.56 Å². The number of aromatic nitrogens is 2. The molecule has 1 aromatic heterocycles. The fourth-order valence-corrected chi connectivity index (χ4v) is 1.59. The molecule has 0 unspecified atom stereocenters. The van der Waals surface area contributed by atoms with Crippen molar-refractivity contribution in [2.45, 2.75) is 12.5 Å². The number of benzene rings is 1. The summed E-state index contributed by atoms with van der Waals surface area (Å²) in [5.74, 6) is -2.97. The number of nitrogens with zero attached hydrogens (tertiary/aromatic N) is 2. The largest absolute Gasteiger partial charge is 0.467 e. The third kappa shape index (κ3) is 3.43. The van der Waals surface area contributed by atoms with E-state index in [1.807, 2.05) is 0 Å². The first-order valence-electron chi connectivity index (χ1n) is 6.08. The second-order valence-corrected chi connectivity index (χ2v) is 4.07. The lowest BCUT2D eigenvalue weighted by Gasteiger charge is -2.12. The molecule has 1 heterocycles. The summed E-state index contributed by atoms with van der Waals surface area (Å²) in [6, 6.07) is 6.52. The number of halogens is 2. The number of hydrogen-bond donors (Lipinski definition) is 1. The fraction of sp³-hybridized carbons (Fsp3) is 0.231. The Kier molecular flexibility index (Phi) is 4.77. The summed E-state index contributed by atoms with van der Waals surface area (Å²) in [7, 11) is 1.08. The SMILES string of the molecule is COC(=O)[C@H](NC(=O)c1ccccc1)c1nnc(C(F)F)o1. The zero-order valence-electron chi connectivity index (χ0n) is 11.3. The summed E-state index contributed by atoms with van der Waals surface area (Å²) in [4.78, 5) is 23.7. The molecular formula is C13H11F2N3O4. The van der Waals surface area contributed by atoms with E-state index >= 15 is 0 Å². The van der Waals surface area contributed by atoms with Crippen molar-refractivity contribution < 1.29 is 27.5 Å². The molecular weight excluding hydrogens is 300 g/mol. The number of amides is 1. The highest BCUT2D eigenvalue weighted by molar-refractivity contribution is 5.96. The maximum absolute atomic E-state index is 12.5. The average molecular weight is 311 g/mol. The molecule has 0 spiro atoms. The number of esters is 1. The lowest BCUT2D eigenvalue weighted by Crippen LogP contribution is -2.34. The number of rotatable bonds is 5. The summed E-state index contributed by atoms with van der Waals surface area (Å²) in [5.41, 5.74) is 0.269. The normalized spacial score (nSPS) is 12.0. The highest BCUT2D eigenvalue weighted by atomic mass is 19.3. The molecule has 0 saturated carbocycles. The molecule has 7 nitrogen and oxygen atoms in total. The first-order chi connectivity index (χ1) is 10.5. The molecule has 0 bridgehead atoms. The molecule has 1 N–H and O–H groups in total. The van der Waals surface area contributed by atoms with Crippen LogP contribution in [0.1, 0.15) is 34.6 Å². The Morgan fingerprint density at radius 2 is 1.82 bits per heavy atom. The van der Waals surface area contributed by atoms with E-state index in [0.29, 0.717) is 0 Å². The zero-order valence-corrected chi connectivity index (χ0v) is 11.3. The van der Waals surface area contributed by atoms with Crippen molar-refractivity contribution in [1.29, 1.82) is 0 Å². The fourth-order valence-electron chi connectivity index (χ4n) is 1.59. The van der Waals surface area contributed by atoms with Crippen molar-refractivity contribution >= 4 is 11.9 Å². The van der Waals surface area contributed by atoms with Crippen LogP contribution in [0.2, 0.25) is 0 Å². The summed E-state index contributed by atoms with van der Waals surface area (Å²) >= 11 is 0. The second kappa shape index (κ2) is 6.74. The maximum Gasteiger partial charge on any atom is 0.338 e. The number of carbonyl (C=O) groups excluding carboxylic acids is 2. The lowest BCUT2D eigenvalue weighted by atomic mass is 10.2. The second-order valence-electron chi connectivity index (χ2n) is 4.07. The molecule has 9 heteroatoms. The van der Waals surface area contributed by atoms with Gasteiger partial charge < -0.3 is 14.5 Å². The summed E-state index contributed by atoms with van der Waals surface area (Å²) < 4.78 is 34.1. The number of hydrogen-bond acceptors (Lipinski definition) is 6. The monoisotopic (exact) mass is 311 g/mol. The molecule has 0 aliphatic carbocycles. The molecule has 2 rings (SSSR count). The number of alkyl halides is 2. The van der Waals surface area contributed by atoms with Crippen LogP contribution in [-0.2, 0) is 9.53 Å². The van der Waals surface area contributed by atoms with E-state index in [4.69, 9.17) is 0 Å². The minimum atomic E-state index is -2.98. The first-order valence-corrected chi connectivity index (χ1v) is 6.08. The van der Waals surface area contributed by atoms with Crippen molar-refractivity contribution in [3.63, 3.8) is 0 Å². The van der Waals surface area contributed by atoms with Gasteiger partial charge >= 0.3 is 12.4 Å². The van der Waals surface area contributed by atoms with Crippen molar-refractivity contribution in [3.05, 3.63) is 47.7 Å². The van der Waals surface area contributed by atoms with E-state index in [0.717, 1.165) is 7.11 Å². The molecule has 116 valence electrons. The Labute approximate surface area is 123 Å². The average Bonchev–Trinajstić information content (AvgIpc) is 3.02. The molecule has 2 aromatic rings. The van der Waals surface area contributed by atoms with Gasteiger partial charge in [0.25, 0.3) is 17.7 Å². The topological polar surface area (TPSA) is 94.3 Å². The van der Waals surface area contributed by atoms with E-state index in [1.54, 1.807) is 18.2 Å². The van der Waals surface area contributed by atoms with Crippen molar-refractivity contribution in [3.8, 4) is 0 Å². The van der Waals surface area contributed by atoms with Crippen molar-refractivity contribution in [1.82, 2.24) is 15.5 Å². The van der Waals surface area contributed by atoms with Crippen LogP contribution in [0.5, 0.6) is 0 Å². The molecule has 0 aliphatic heterocycles. The van der Waals surface area contributed by atoms with E-state index in [2.05, 4.69) is 24.7 Å². The summed E-state index contributed by atoms with van der Waals surface area (Å²) in [6.07, 6.45) is -2.98. The molecule has 0 radical (unpaired) electrons. The lowest BCUT2D eigenvalue weighted by molar-refractivity contribution is -0.143. The first kappa shape index (κ1) is 15.5. The molecule has 1 aromatic carbocycles. The third-order valence-corrected chi connectivity index (χ3v) is 2.64. The molecule has 1 amide bonds. The number of ether oxygens (including phenoxy) is 1.